The summed E-state index contributed by atoms with van der Waals surface area (Å²) in [6.45, 7) is 1.09. The van der Waals surface area contributed by atoms with Crippen LogP contribution in [-0.2, 0) is 22.4 Å². The molecule has 0 aliphatic heterocycles. The normalized spacial score (nSPS) is 10.9. The highest BCUT2D eigenvalue weighted by Crippen LogP contribution is 2.36. The fraction of sp³-hybridized carbons (Fsp3) is 0.167. The molecule has 0 aromatic heterocycles. The van der Waals surface area contributed by atoms with Gasteiger partial charge in [0.2, 0.25) is 5.91 Å². The predicted octanol–water partition coefficient (Wildman–Crippen LogP) is 5.26. The first-order valence-electron chi connectivity index (χ1n) is 9.89. The summed E-state index contributed by atoms with van der Waals surface area (Å²) >= 11 is 0. The van der Waals surface area contributed by atoms with Crippen molar-refractivity contribution in [1.82, 2.24) is 0 Å². The molecule has 3 aromatic carbocycles. The molecule has 3 aromatic rings. The minimum atomic E-state index is -4.73. The Hall–Kier alpha value is -4.01. The Morgan fingerprint density at radius 3 is 2.09 bits per heavy atom. The molecular weight excluding hydrogens is 437 g/mol. The molecule has 0 heterocycles. The largest absolute Gasteiger partial charge is 0.489 e. The summed E-state index contributed by atoms with van der Waals surface area (Å²) in [5.74, 6) is -0.319. The van der Waals surface area contributed by atoms with E-state index in [1.165, 1.54) is 13.0 Å². The second-order valence-corrected chi connectivity index (χ2v) is 7.02. The summed E-state index contributed by atoms with van der Waals surface area (Å²) in [7, 11) is 0. The molecule has 0 spiro atoms. The monoisotopic (exact) mass is 458 g/mol. The Morgan fingerprint density at radius 1 is 0.848 bits per heavy atom. The first-order valence-corrected chi connectivity index (χ1v) is 9.89. The highest BCUT2D eigenvalue weighted by atomic mass is 19.4. The molecule has 2 amide bonds. The third-order valence-electron chi connectivity index (χ3n) is 4.36. The lowest BCUT2D eigenvalue weighted by Gasteiger charge is -2.16. The highest BCUT2D eigenvalue weighted by molar-refractivity contribution is 5.94. The van der Waals surface area contributed by atoms with Crippen molar-refractivity contribution in [3.05, 3.63) is 83.9 Å². The van der Waals surface area contributed by atoms with Crippen molar-refractivity contribution in [1.29, 1.82) is 0 Å². The van der Waals surface area contributed by atoms with Crippen LogP contribution in [0.4, 0.5) is 24.5 Å². The molecule has 0 fully saturated rings. The predicted molar refractivity (Wildman–Crippen MR) is 117 cm³/mol. The maximum atomic E-state index is 13.4. The van der Waals surface area contributed by atoms with Gasteiger partial charge in [0.05, 0.1) is 11.3 Å². The lowest BCUT2D eigenvalue weighted by atomic mass is 10.1. The summed E-state index contributed by atoms with van der Waals surface area (Å²) in [4.78, 5) is 23.2. The number of anilines is 2. The Morgan fingerprint density at radius 2 is 1.48 bits per heavy atom. The zero-order valence-electron chi connectivity index (χ0n) is 17.6. The van der Waals surface area contributed by atoms with Gasteiger partial charge in [-0.2, -0.15) is 13.2 Å². The number of nitrogens with one attached hydrogen (secondary N) is 2. The van der Waals surface area contributed by atoms with Crippen molar-refractivity contribution in [3.8, 4) is 11.5 Å². The summed E-state index contributed by atoms with van der Waals surface area (Å²) in [5, 5.41) is 4.48. The second-order valence-electron chi connectivity index (χ2n) is 7.02. The van der Waals surface area contributed by atoms with E-state index in [-0.39, 0.29) is 5.69 Å². The number of alkyl halides is 3. The molecular formula is C24H21F3N2O4. The van der Waals surface area contributed by atoms with Gasteiger partial charge in [-0.25, -0.2) is 0 Å². The smallest absolute Gasteiger partial charge is 0.418 e. The van der Waals surface area contributed by atoms with Gasteiger partial charge in [-0.05, 0) is 48.0 Å². The zero-order chi connectivity index (χ0) is 23.8. The maximum absolute atomic E-state index is 13.4. The number of amides is 2. The van der Waals surface area contributed by atoms with Gasteiger partial charge in [0.15, 0.2) is 6.61 Å². The van der Waals surface area contributed by atoms with Crippen molar-refractivity contribution >= 4 is 23.2 Å². The number of carbonyl (C=O) groups excluding carboxylic acids is 2. The molecule has 0 aliphatic carbocycles. The zero-order valence-corrected chi connectivity index (χ0v) is 17.6. The highest BCUT2D eigenvalue weighted by Gasteiger charge is 2.34. The van der Waals surface area contributed by atoms with Crippen LogP contribution < -0.4 is 20.1 Å². The number of rotatable bonds is 8. The van der Waals surface area contributed by atoms with Gasteiger partial charge < -0.3 is 20.1 Å². The second kappa shape index (κ2) is 10.5. The number of hydrogen-bond donors (Lipinski definition) is 2. The van der Waals surface area contributed by atoms with Crippen LogP contribution in [0.2, 0.25) is 0 Å². The van der Waals surface area contributed by atoms with Crippen molar-refractivity contribution in [2.24, 2.45) is 0 Å². The molecule has 0 bridgehead atoms. The molecule has 3 rings (SSSR count). The van der Waals surface area contributed by atoms with E-state index in [1.807, 2.05) is 30.3 Å². The third kappa shape index (κ3) is 7.27. The van der Waals surface area contributed by atoms with E-state index in [0.29, 0.717) is 18.1 Å². The lowest BCUT2D eigenvalue weighted by Crippen LogP contribution is -2.22. The number of carbonyl (C=O) groups is 2. The quantitative estimate of drug-likeness (QED) is 0.483. The Balaban J connectivity index is 1.56. The fourth-order valence-electron chi connectivity index (χ4n) is 2.88. The average molecular weight is 458 g/mol. The molecule has 0 aliphatic rings. The van der Waals surface area contributed by atoms with E-state index in [1.54, 1.807) is 24.3 Å². The van der Waals surface area contributed by atoms with Gasteiger partial charge in [-0.15, -0.1) is 0 Å². The number of benzene rings is 3. The molecule has 9 heteroatoms. The summed E-state index contributed by atoms with van der Waals surface area (Å²) in [5.41, 5.74) is -0.534. The Labute approximate surface area is 188 Å². The summed E-state index contributed by atoms with van der Waals surface area (Å²) in [6.07, 6.45) is -4.73. The first-order chi connectivity index (χ1) is 15.7. The molecule has 6 nitrogen and oxygen atoms in total. The van der Waals surface area contributed by atoms with Gasteiger partial charge in [0, 0.05) is 12.6 Å². The molecule has 0 unspecified atom stereocenters. The number of ether oxygens (including phenoxy) is 2. The van der Waals surface area contributed by atoms with Crippen molar-refractivity contribution in [2.45, 2.75) is 19.7 Å². The SMILES string of the molecule is CC(=O)Nc1ccc(NC(=O)COc2ccc(OCc3ccccc3)cc2)c(C(F)(F)F)c1. The van der Waals surface area contributed by atoms with Gasteiger partial charge >= 0.3 is 6.18 Å². The molecule has 33 heavy (non-hydrogen) atoms. The number of hydrogen-bond acceptors (Lipinski definition) is 4. The molecule has 0 atom stereocenters. The standard InChI is InChI=1S/C24H21F3N2O4/c1-16(30)28-18-7-12-22(21(13-18)24(25,26)27)29-23(31)15-33-20-10-8-19(9-11-20)32-14-17-5-3-2-4-6-17/h2-13H,14-15H2,1H3,(H,28,30)(H,29,31). The van der Waals surface area contributed by atoms with Crippen LogP contribution in [0.1, 0.15) is 18.1 Å². The van der Waals surface area contributed by atoms with E-state index in [4.69, 9.17) is 9.47 Å². The minimum absolute atomic E-state index is 0.0290. The summed E-state index contributed by atoms with van der Waals surface area (Å²) < 4.78 is 51.1. The number of halogens is 3. The van der Waals surface area contributed by atoms with E-state index < -0.39 is 35.8 Å². The Kier molecular flexibility index (Phi) is 7.55. The van der Waals surface area contributed by atoms with E-state index >= 15 is 0 Å². The van der Waals surface area contributed by atoms with Gasteiger partial charge in [-0.3, -0.25) is 9.59 Å². The van der Waals surface area contributed by atoms with Crippen LogP contribution >= 0.6 is 0 Å². The van der Waals surface area contributed by atoms with E-state index in [2.05, 4.69) is 10.6 Å². The minimum Gasteiger partial charge on any atom is -0.489 e. The van der Waals surface area contributed by atoms with Crippen LogP contribution in [0.5, 0.6) is 11.5 Å². The molecule has 0 saturated carbocycles. The molecule has 172 valence electrons. The van der Waals surface area contributed by atoms with Gasteiger partial charge in [0.1, 0.15) is 18.1 Å². The van der Waals surface area contributed by atoms with Crippen molar-refractivity contribution in [2.75, 3.05) is 17.2 Å². The summed E-state index contributed by atoms with van der Waals surface area (Å²) in [6, 6.07) is 19.2. The van der Waals surface area contributed by atoms with Crippen LogP contribution in [0.3, 0.4) is 0 Å². The molecule has 2 N–H and O–H groups in total. The third-order valence-corrected chi connectivity index (χ3v) is 4.36. The first kappa shape index (κ1) is 23.6. The van der Waals surface area contributed by atoms with Crippen molar-refractivity contribution < 1.29 is 32.2 Å². The Bertz CT molecular complexity index is 1100. The van der Waals surface area contributed by atoms with Crippen LogP contribution in [0.15, 0.2) is 72.8 Å². The van der Waals surface area contributed by atoms with E-state index in [9.17, 15) is 22.8 Å². The van der Waals surface area contributed by atoms with Gasteiger partial charge in [-0.1, -0.05) is 30.3 Å². The van der Waals surface area contributed by atoms with Gasteiger partial charge in [0.25, 0.3) is 5.91 Å². The maximum Gasteiger partial charge on any atom is 0.418 e. The van der Waals surface area contributed by atoms with Crippen LogP contribution in [0, 0.1) is 0 Å². The fourth-order valence-corrected chi connectivity index (χ4v) is 2.88. The molecule has 0 saturated heterocycles. The van der Waals surface area contributed by atoms with E-state index in [0.717, 1.165) is 17.7 Å². The topological polar surface area (TPSA) is 76.7 Å². The molecule has 0 radical (unpaired) electrons. The van der Waals surface area contributed by atoms with Crippen LogP contribution in [-0.4, -0.2) is 18.4 Å². The van der Waals surface area contributed by atoms with Crippen LogP contribution in [0.25, 0.3) is 0 Å². The van der Waals surface area contributed by atoms with Crippen molar-refractivity contribution in [3.63, 3.8) is 0 Å². The average Bonchev–Trinajstić information content (AvgIpc) is 2.77. The lowest BCUT2D eigenvalue weighted by molar-refractivity contribution is -0.137.